The average molecular weight is 728 g/mol. The minimum Gasteiger partial charge on any atom is -0.495 e. The minimum atomic E-state index is -1.41. The third kappa shape index (κ3) is 7.52. The van der Waals surface area contributed by atoms with Gasteiger partial charge in [-0.15, -0.1) is 0 Å². The first-order chi connectivity index (χ1) is 24.4. The van der Waals surface area contributed by atoms with E-state index in [1.54, 1.807) is 32.2 Å². The topological polar surface area (TPSA) is 178 Å². The molecule has 15 heteroatoms. The summed E-state index contributed by atoms with van der Waals surface area (Å²) in [6.45, 7) is 8.26. The molecule has 6 rings (SSSR count). The Kier molecular flexibility index (Phi) is 10.5. The Morgan fingerprint density at radius 1 is 1.12 bits per heavy atom. The van der Waals surface area contributed by atoms with Crippen molar-refractivity contribution in [3.8, 4) is 11.5 Å². The summed E-state index contributed by atoms with van der Waals surface area (Å²) in [7, 11) is 3.09. The predicted octanol–water partition coefficient (Wildman–Crippen LogP) is 4.14. The highest BCUT2D eigenvalue weighted by Gasteiger charge is 2.61. The lowest BCUT2D eigenvalue weighted by atomic mass is 10.1. The number of nitrogens with one attached hydrogen (secondary N) is 3. The van der Waals surface area contributed by atoms with Gasteiger partial charge in [0.1, 0.15) is 52.2 Å². The molecular weight excluding hydrogens is 682 g/mol. The van der Waals surface area contributed by atoms with E-state index in [-0.39, 0.29) is 30.0 Å². The number of amides is 3. The molecule has 8 atom stereocenters. The Morgan fingerprint density at radius 2 is 1.86 bits per heavy atom. The Bertz CT molecular complexity index is 1710. The molecule has 1 saturated heterocycles. The molecule has 4 fully saturated rings. The number of nitrogens with zero attached hydrogens (tertiary/aromatic N) is 2. The maximum Gasteiger partial charge on any atom is 0.408 e. The van der Waals surface area contributed by atoms with Crippen LogP contribution in [0.2, 0.25) is 5.02 Å². The van der Waals surface area contributed by atoms with Gasteiger partial charge in [0.05, 0.1) is 25.8 Å². The van der Waals surface area contributed by atoms with Gasteiger partial charge in [0.2, 0.25) is 11.8 Å². The lowest BCUT2D eigenvalue weighted by Crippen LogP contribution is -2.56. The molecular formula is C36H46ClN5O9. The quantitative estimate of drug-likeness (QED) is 0.153. The number of hydrogen-bond donors (Lipinski definition) is 4. The third-order valence-corrected chi connectivity index (χ3v) is 11.0. The first-order valence-electron chi connectivity index (χ1n) is 17.4. The molecule has 51 heavy (non-hydrogen) atoms. The van der Waals surface area contributed by atoms with Crippen LogP contribution in [0.5, 0.6) is 11.5 Å². The number of rotatable bonds is 15. The van der Waals surface area contributed by atoms with E-state index in [1.165, 1.54) is 18.4 Å². The van der Waals surface area contributed by atoms with Crippen LogP contribution in [0.15, 0.2) is 30.4 Å². The summed E-state index contributed by atoms with van der Waals surface area (Å²) in [6, 6.07) is 2.87. The number of methoxy groups -OCH3 is 2. The van der Waals surface area contributed by atoms with Crippen LogP contribution in [0.4, 0.5) is 10.6 Å². The summed E-state index contributed by atoms with van der Waals surface area (Å²) < 4.78 is 22.8. The van der Waals surface area contributed by atoms with Gasteiger partial charge in [-0.1, -0.05) is 31.5 Å². The number of fused-ring (bicyclic) bond motifs is 2. The number of likely N-dealkylation sites (tertiary alicyclic amines) is 1. The van der Waals surface area contributed by atoms with Crippen molar-refractivity contribution in [3.63, 3.8) is 0 Å². The number of carbonyl (C=O) groups is 4. The standard InChI is InChI=1S/C36H46ClN5O9/c1-6-21-16-36(21,34(45)46)41-32(43)25-14-23(17-42(25)33(44)30(18(2)3)40-35(47)51-22-12-19-11-20(19)13-22)50-27-15-28(38-9-10-48-4)39-31-24(27)7-8-26(49-5)29(31)37/h7-8,15,19-23,25,30H,2,6,9-14,16-17H2,1,3-5H3,(H,38,39)(H,40,47)(H,41,43)(H,45,46)/t19-,20+,21-,22?,23-,25+,30+,36-/m1/s1. The molecule has 0 spiro atoms. The van der Waals surface area contributed by atoms with Crippen molar-refractivity contribution in [2.45, 2.75) is 82.2 Å². The number of aliphatic carboxylic acids is 1. The van der Waals surface area contributed by atoms with Crippen LogP contribution in [0.1, 0.15) is 52.4 Å². The average Bonchev–Trinajstić information content (AvgIpc) is 3.91. The normalized spacial score (nSPS) is 28.0. The summed E-state index contributed by atoms with van der Waals surface area (Å²) in [5.41, 5.74) is -0.640. The monoisotopic (exact) mass is 727 g/mol. The summed E-state index contributed by atoms with van der Waals surface area (Å²) in [4.78, 5) is 59.5. The summed E-state index contributed by atoms with van der Waals surface area (Å²) in [6.07, 6.45) is 2.05. The second-order valence-electron chi connectivity index (χ2n) is 14.1. The first kappa shape index (κ1) is 36.5. The fourth-order valence-corrected chi connectivity index (χ4v) is 7.89. The molecule has 1 aromatic heterocycles. The van der Waals surface area contributed by atoms with Gasteiger partial charge >= 0.3 is 12.1 Å². The predicted molar refractivity (Wildman–Crippen MR) is 188 cm³/mol. The Balaban J connectivity index is 1.27. The largest absolute Gasteiger partial charge is 0.495 e. The van der Waals surface area contributed by atoms with Crippen LogP contribution < -0.4 is 25.4 Å². The zero-order chi connectivity index (χ0) is 36.6. The van der Waals surface area contributed by atoms with E-state index in [9.17, 15) is 24.3 Å². The minimum absolute atomic E-state index is 0.0408. The van der Waals surface area contributed by atoms with E-state index >= 15 is 0 Å². The number of ether oxygens (including phenoxy) is 4. The third-order valence-electron chi connectivity index (χ3n) is 10.6. The van der Waals surface area contributed by atoms with Crippen molar-refractivity contribution in [2.24, 2.45) is 17.8 Å². The number of pyridine rings is 1. The van der Waals surface area contributed by atoms with Crippen LogP contribution in [0, 0.1) is 17.8 Å². The van der Waals surface area contributed by atoms with E-state index in [0.717, 1.165) is 12.8 Å². The van der Waals surface area contributed by atoms with Crippen molar-refractivity contribution >= 4 is 52.2 Å². The molecule has 276 valence electrons. The van der Waals surface area contributed by atoms with Gasteiger partial charge in [0.15, 0.2) is 0 Å². The van der Waals surface area contributed by atoms with Crippen LogP contribution in [0.3, 0.4) is 0 Å². The molecule has 14 nitrogen and oxygen atoms in total. The molecule has 2 heterocycles. The SMILES string of the molecule is C=C(C)[C@H](NC(=O)OC1C[C@@H]2C[C@@H]2C1)C(=O)N1C[C@H](Oc2cc(NCCOC)nc3c(Cl)c(OC)ccc23)C[C@H]1C(=O)N[C@]1(C(=O)O)C[C@H]1CC. The smallest absolute Gasteiger partial charge is 0.408 e. The van der Waals surface area contributed by atoms with Gasteiger partial charge in [0, 0.05) is 31.5 Å². The lowest BCUT2D eigenvalue weighted by molar-refractivity contribution is -0.145. The summed E-state index contributed by atoms with van der Waals surface area (Å²) in [5.74, 6) is -0.0768. The molecule has 1 aliphatic heterocycles. The molecule has 0 radical (unpaired) electrons. The van der Waals surface area contributed by atoms with E-state index in [0.29, 0.717) is 71.6 Å². The number of halogens is 1. The number of aromatic nitrogens is 1. The van der Waals surface area contributed by atoms with Crippen molar-refractivity contribution in [1.82, 2.24) is 20.5 Å². The molecule has 1 aromatic carbocycles. The molecule has 0 bridgehead atoms. The number of benzene rings is 1. The zero-order valence-corrected chi connectivity index (χ0v) is 30.1. The number of alkyl carbamates (subject to hydrolysis) is 1. The highest BCUT2D eigenvalue weighted by Crippen LogP contribution is 2.52. The van der Waals surface area contributed by atoms with Crippen molar-refractivity contribution in [2.75, 3.05) is 39.2 Å². The Morgan fingerprint density at radius 3 is 2.49 bits per heavy atom. The van der Waals surface area contributed by atoms with Gasteiger partial charge in [0.25, 0.3) is 0 Å². The Labute approximate surface area is 301 Å². The van der Waals surface area contributed by atoms with Crippen LogP contribution in [0.25, 0.3) is 10.9 Å². The second-order valence-corrected chi connectivity index (χ2v) is 14.5. The molecule has 3 amide bonds. The van der Waals surface area contributed by atoms with E-state index in [2.05, 4.69) is 27.5 Å². The summed E-state index contributed by atoms with van der Waals surface area (Å²) in [5, 5.41) is 19.5. The lowest BCUT2D eigenvalue weighted by Gasteiger charge is -2.29. The van der Waals surface area contributed by atoms with Crippen LogP contribution in [-0.2, 0) is 23.9 Å². The van der Waals surface area contributed by atoms with Gasteiger partial charge in [-0.05, 0) is 68.1 Å². The van der Waals surface area contributed by atoms with E-state index in [1.807, 2.05) is 6.92 Å². The molecule has 4 N–H and O–H groups in total. The maximum atomic E-state index is 14.3. The number of carboxylic acid groups (broad SMARTS) is 1. The van der Waals surface area contributed by atoms with E-state index < -0.39 is 47.6 Å². The Hall–Kier alpha value is -4.30. The molecule has 4 aliphatic rings. The van der Waals surface area contributed by atoms with Crippen LogP contribution >= 0.6 is 11.6 Å². The number of hydrogen-bond acceptors (Lipinski definition) is 10. The van der Waals surface area contributed by atoms with Crippen molar-refractivity contribution in [1.29, 1.82) is 0 Å². The van der Waals surface area contributed by atoms with Gasteiger partial charge in [-0.3, -0.25) is 9.59 Å². The van der Waals surface area contributed by atoms with Gasteiger partial charge < -0.3 is 44.9 Å². The second kappa shape index (κ2) is 14.7. The van der Waals surface area contributed by atoms with E-state index in [4.69, 9.17) is 30.5 Å². The highest BCUT2D eigenvalue weighted by molar-refractivity contribution is 6.36. The fourth-order valence-electron chi connectivity index (χ4n) is 7.60. The van der Waals surface area contributed by atoms with Gasteiger partial charge in [-0.2, -0.15) is 0 Å². The fraction of sp³-hybridized carbons (Fsp3) is 0.583. The highest BCUT2D eigenvalue weighted by atomic mass is 35.5. The molecule has 1 unspecified atom stereocenters. The number of carbonyl (C=O) groups excluding carboxylic acids is 3. The zero-order valence-electron chi connectivity index (χ0n) is 29.3. The number of anilines is 1. The van der Waals surface area contributed by atoms with Crippen LogP contribution in [-0.4, -0.2) is 103 Å². The molecule has 3 aliphatic carbocycles. The molecule has 3 saturated carbocycles. The van der Waals surface area contributed by atoms with Crippen molar-refractivity contribution in [3.05, 3.63) is 35.4 Å². The first-order valence-corrected chi connectivity index (χ1v) is 17.8. The maximum absolute atomic E-state index is 14.3. The van der Waals surface area contributed by atoms with Crippen molar-refractivity contribution < 1.29 is 43.2 Å². The number of carboxylic acids is 1. The van der Waals surface area contributed by atoms with Gasteiger partial charge in [-0.25, -0.2) is 14.6 Å². The summed E-state index contributed by atoms with van der Waals surface area (Å²) >= 11 is 6.68. The molecule has 2 aromatic rings.